The standard InChI is InChI=1S/C26H27N3O/c30-26(14-13-22-8-3-1-4-9-22)29(25-12-7-17-27-20-25)24-15-18-28(19-16-24)21-23-10-5-2-6-11-23/h1-14,17,20,24H,15-16,18-19,21H2/b14-13+. The number of benzene rings is 2. The molecule has 1 saturated heterocycles. The molecule has 0 unspecified atom stereocenters. The van der Waals surface area contributed by atoms with Crippen LogP contribution in [0.25, 0.3) is 6.08 Å². The van der Waals surface area contributed by atoms with Crippen molar-refractivity contribution < 1.29 is 4.79 Å². The smallest absolute Gasteiger partial charge is 0.251 e. The van der Waals surface area contributed by atoms with Crippen molar-refractivity contribution in [2.45, 2.75) is 25.4 Å². The summed E-state index contributed by atoms with van der Waals surface area (Å²) in [4.78, 5) is 21.8. The number of hydrogen-bond acceptors (Lipinski definition) is 3. The number of likely N-dealkylation sites (tertiary alicyclic amines) is 1. The Morgan fingerprint density at radius 1 is 0.967 bits per heavy atom. The topological polar surface area (TPSA) is 36.4 Å². The Bertz CT molecular complexity index is 949. The van der Waals surface area contributed by atoms with Gasteiger partial charge in [-0.3, -0.25) is 14.7 Å². The SMILES string of the molecule is O=C(/C=C/c1ccccc1)N(c1cccnc1)C1CCN(Cc2ccccc2)CC1. The number of carbonyl (C=O) groups excluding carboxylic acids is 1. The Morgan fingerprint density at radius 2 is 1.67 bits per heavy atom. The van der Waals surface area contributed by atoms with Crippen LogP contribution in [0.4, 0.5) is 5.69 Å². The van der Waals surface area contributed by atoms with Gasteiger partial charge in [-0.25, -0.2) is 0 Å². The molecule has 1 aliphatic heterocycles. The molecule has 0 radical (unpaired) electrons. The highest BCUT2D eigenvalue weighted by molar-refractivity contribution is 6.04. The third-order valence-corrected chi connectivity index (χ3v) is 5.55. The number of piperidine rings is 1. The lowest BCUT2D eigenvalue weighted by Crippen LogP contribution is -2.47. The van der Waals surface area contributed by atoms with Crippen molar-refractivity contribution in [2.75, 3.05) is 18.0 Å². The first-order valence-corrected chi connectivity index (χ1v) is 10.5. The van der Waals surface area contributed by atoms with Crippen LogP contribution < -0.4 is 4.90 Å². The summed E-state index contributed by atoms with van der Waals surface area (Å²) < 4.78 is 0. The van der Waals surface area contributed by atoms with Crippen molar-refractivity contribution in [1.82, 2.24) is 9.88 Å². The summed E-state index contributed by atoms with van der Waals surface area (Å²) in [5.41, 5.74) is 3.22. The van der Waals surface area contributed by atoms with E-state index in [9.17, 15) is 4.79 Å². The highest BCUT2D eigenvalue weighted by Crippen LogP contribution is 2.24. The maximum atomic E-state index is 13.2. The zero-order valence-electron chi connectivity index (χ0n) is 17.1. The first-order valence-electron chi connectivity index (χ1n) is 10.5. The molecule has 0 N–H and O–H groups in total. The van der Waals surface area contributed by atoms with Crippen LogP contribution in [0.15, 0.2) is 91.3 Å². The largest absolute Gasteiger partial charge is 0.304 e. The number of carbonyl (C=O) groups is 1. The minimum Gasteiger partial charge on any atom is -0.304 e. The van der Waals surface area contributed by atoms with Crippen LogP contribution in [0.5, 0.6) is 0 Å². The van der Waals surface area contributed by atoms with Crippen LogP contribution in [0.1, 0.15) is 24.0 Å². The van der Waals surface area contributed by atoms with Crippen LogP contribution in [0.3, 0.4) is 0 Å². The third-order valence-electron chi connectivity index (χ3n) is 5.55. The van der Waals surface area contributed by atoms with Gasteiger partial charge in [0.25, 0.3) is 5.91 Å². The summed E-state index contributed by atoms with van der Waals surface area (Å²) in [7, 11) is 0. The molecule has 4 heteroatoms. The van der Waals surface area contributed by atoms with Gasteiger partial charge in [-0.1, -0.05) is 60.7 Å². The second kappa shape index (κ2) is 9.99. The monoisotopic (exact) mass is 397 g/mol. The Balaban J connectivity index is 1.46. The van der Waals surface area contributed by atoms with E-state index >= 15 is 0 Å². The maximum Gasteiger partial charge on any atom is 0.251 e. The van der Waals surface area contributed by atoms with Gasteiger partial charge in [-0.15, -0.1) is 0 Å². The van der Waals surface area contributed by atoms with Crippen LogP contribution in [-0.2, 0) is 11.3 Å². The molecule has 4 rings (SSSR count). The van der Waals surface area contributed by atoms with Crippen LogP contribution >= 0.6 is 0 Å². The quantitative estimate of drug-likeness (QED) is 0.561. The fourth-order valence-corrected chi connectivity index (χ4v) is 4.00. The average Bonchev–Trinajstić information content (AvgIpc) is 2.81. The molecular formula is C26H27N3O. The second-order valence-electron chi connectivity index (χ2n) is 7.66. The van der Waals surface area contributed by atoms with Gasteiger partial charge in [-0.05, 0) is 42.2 Å². The third kappa shape index (κ3) is 5.22. The van der Waals surface area contributed by atoms with Crippen LogP contribution in [0, 0.1) is 0 Å². The molecule has 4 nitrogen and oxygen atoms in total. The molecule has 0 bridgehead atoms. The lowest BCUT2D eigenvalue weighted by molar-refractivity contribution is -0.114. The summed E-state index contributed by atoms with van der Waals surface area (Å²) in [5.74, 6) is 0.00774. The van der Waals surface area contributed by atoms with Gasteiger partial charge in [0.15, 0.2) is 0 Å². The molecule has 2 aromatic carbocycles. The van der Waals surface area contributed by atoms with Gasteiger partial charge < -0.3 is 4.90 Å². The average molecular weight is 398 g/mol. The molecule has 0 aliphatic carbocycles. The van der Waals surface area contributed by atoms with Crippen molar-refractivity contribution in [3.8, 4) is 0 Å². The Labute approximate surface area is 178 Å². The van der Waals surface area contributed by atoms with Crippen LogP contribution in [-0.4, -0.2) is 34.9 Å². The van der Waals surface area contributed by atoms with E-state index in [-0.39, 0.29) is 11.9 Å². The number of amides is 1. The molecule has 30 heavy (non-hydrogen) atoms. The van der Waals surface area contributed by atoms with Gasteiger partial charge in [0.2, 0.25) is 0 Å². The number of hydrogen-bond donors (Lipinski definition) is 0. The Morgan fingerprint density at radius 3 is 2.33 bits per heavy atom. The minimum absolute atomic E-state index is 0.00774. The molecule has 2 heterocycles. The van der Waals surface area contributed by atoms with Crippen molar-refractivity contribution in [2.24, 2.45) is 0 Å². The Kier molecular flexibility index (Phi) is 6.68. The molecule has 0 atom stereocenters. The van der Waals surface area contributed by atoms with E-state index in [4.69, 9.17) is 0 Å². The first kappa shape index (κ1) is 20.0. The van der Waals surface area contributed by atoms with E-state index in [1.165, 1.54) is 5.56 Å². The van der Waals surface area contributed by atoms with Gasteiger partial charge >= 0.3 is 0 Å². The zero-order chi connectivity index (χ0) is 20.6. The van der Waals surface area contributed by atoms with Gasteiger partial charge in [-0.2, -0.15) is 0 Å². The number of nitrogens with zero attached hydrogens (tertiary/aromatic N) is 3. The molecule has 1 fully saturated rings. The molecule has 1 aliphatic rings. The van der Waals surface area contributed by atoms with E-state index in [0.29, 0.717) is 0 Å². The lowest BCUT2D eigenvalue weighted by atomic mass is 10.0. The maximum absolute atomic E-state index is 13.2. The van der Waals surface area contributed by atoms with Gasteiger partial charge in [0.1, 0.15) is 0 Å². The summed E-state index contributed by atoms with van der Waals surface area (Å²) >= 11 is 0. The normalized spacial score (nSPS) is 15.3. The number of rotatable bonds is 6. The summed E-state index contributed by atoms with van der Waals surface area (Å²) in [6, 6.07) is 24.5. The fraction of sp³-hybridized carbons (Fsp3) is 0.231. The number of aromatic nitrogens is 1. The summed E-state index contributed by atoms with van der Waals surface area (Å²) in [6.45, 7) is 2.92. The minimum atomic E-state index is 0.00774. The van der Waals surface area contributed by atoms with E-state index in [0.717, 1.165) is 43.7 Å². The predicted octanol–water partition coefficient (Wildman–Crippen LogP) is 4.79. The second-order valence-corrected chi connectivity index (χ2v) is 7.66. The number of anilines is 1. The van der Waals surface area contributed by atoms with Crippen LogP contribution in [0.2, 0.25) is 0 Å². The summed E-state index contributed by atoms with van der Waals surface area (Å²) in [6.07, 6.45) is 8.99. The number of pyridine rings is 1. The molecule has 1 amide bonds. The molecule has 1 aromatic heterocycles. The van der Waals surface area contributed by atoms with Crippen molar-refractivity contribution in [3.63, 3.8) is 0 Å². The Hall–Kier alpha value is -3.24. The fourth-order valence-electron chi connectivity index (χ4n) is 4.00. The van der Waals surface area contributed by atoms with Gasteiger partial charge in [0.05, 0.1) is 11.9 Å². The van der Waals surface area contributed by atoms with E-state index in [2.05, 4.69) is 40.2 Å². The highest BCUT2D eigenvalue weighted by atomic mass is 16.2. The lowest BCUT2D eigenvalue weighted by Gasteiger charge is -2.38. The highest BCUT2D eigenvalue weighted by Gasteiger charge is 2.28. The molecule has 0 spiro atoms. The predicted molar refractivity (Wildman–Crippen MR) is 122 cm³/mol. The molecule has 3 aromatic rings. The summed E-state index contributed by atoms with van der Waals surface area (Å²) in [5, 5.41) is 0. The van der Waals surface area contributed by atoms with E-state index in [1.807, 2.05) is 53.4 Å². The van der Waals surface area contributed by atoms with E-state index < -0.39 is 0 Å². The van der Waals surface area contributed by atoms with Crippen molar-refractivity contribution in [3.05, 3.63) is 102 Å². The first-order chi connectivity index (χ1) is 14.8. The van der Waals surface area contributed by atoms with Gasteiger partial charge in [0, 0.05) is 37.9 Å². The molecule has 0 saturated carbocycles. The van der Waals surface area contributed by atoms with Crippen molar-refractivity contribution >= 4 is 17.7 Å². The molecular weight excluding hydrogens is 370 g/mol. The van der Waals surface area contributed by atoms with E-state index in [1.54, 1.807) is 18.5 Å². The zero-order valence-corrected chi connectivity index (χ0v) is 17.1. The van der Waals surface area contributed by atoms with Crippen molar-refractivity contribution in [1.29, 1.82) is 0 Å². The molecule has 152 valence electrons.